The summed E-state index contributed by atoms with van der Waals surface area (Å²) in [5.41, 5.74) is 3.43. The van der Waals surface area contributed by atoms with Gasteiger partial charge in [-0.25, -0.2) is 0 Å². The molecule has 3 rings (SSSR count). The maximum atomic E-state index is 6.01. The third-order valence-electron chi connectivity index (χ3n) is 3.98. The Balaban J connectivity index is 2.06. The van der Waals surface area contributed by atoms with Crippen LogP contribution in [0.5, 0.6) is 17.2 Å². The molecule has 1 heterocycles. The molecule has 2 aromatic carbocycles. The van der Waals surface area contributed by atoms with Crippen LogP contribution in [0.2, 0.25) is 0 Å². The maximum Gasteiger partial charge on any atom is 0.161 e. The zero-order chi connectivity index (χ0) is 15.5. The number of rotatable bonds is 4. The van der Waals surface area contributed by atoms with E-state index in [2.05, 4.69) is 6.07 Å². The highest BCUT2D eigenvalue weighted by molar-refractivity contribution is 5.51. The first kappa shape index (κ1) is 14.7. The van der Waals surface area contributed by atoms with Gasteiger partial charge in [-0.2, -0.15) is 0 Å². The minimum atomic E-state index is -0.112. The van der Waals surface area contributed by atoms with Gasteiger partial charge < -0.3 is 18.9 Å². The molecule has 2 aromatic rings. The summed E-state index contributed by atoms with van der Waals surface area (Å²) in [5, 5.41) is 0. The predicted octanol–water partition coefficient (Wildman–Crippen LogP) is 3.37. The Labute approximate surface area is 130 Å². The lowest BCUT2D eigenvalue weighted by Gasteiger charge is -2.28. The van der Waals surface area contributed by atoms with Gasteiger partial charge in [0.25, 0.3) is 0 Å². The topological polar surface area (TPSA) is 36.9 Å². The average Bonchev–Trinajstić information content (AvgIpc) is 2.59. The highest BCUT2D eigenvalue weighted by Gasteiger charge is 2.25. The zero-order valence-electron chi connectivity index (χ0n) is 13.1. The van der Waals surface area contributed by atoms with Gasteiger partial charge in [-0.3, -0.25) is 0 Å². The van der Waals surface area contributed by atoms with Crippen LogP contribution in [0.15, 0.2) is 36.4 Å². The van der Waals surface area contributed by atoms with E-state index in [9.17, 15) is 0 Å². The molecule has 0 saturated heterocycles. The zero-order valence-corrected chi connectivity index (χ0v) is 13.1. The van der Waals surface area contributed by atoms with Crippen molar-refractivity contribution < 1.29 is 18.9 Å². The summed E-state index contributed by atoms with van der Waals surface area (Å²) in [4.78, 5) is 0. The number of methoxy groups -OCH3 is 3. The van der Waals surface area contributed by atoms with Crippen molar-refractivity contribution in [3.8, 4) is 17.2 Å². The van der Waals surface area contributed by atoms with Crippen molar-refractivity contribution in [1.82, 2.24) is 0 Å². The van der Waals surface area contributed by atoms with E-state index in [1.807, 2.05) is 30.3 Å². The Morgan fingerprint density at radius 2 is 1.73 bits per heavy atom. The minimum absolute atomic E-state index is 0.112. The first-order valence-corrected chi connectivity index (χ1v) is 7.27. The Morgan fingerprint density at radius 3 is 2.45 bits per heavy atom. The molecule has 116 valence electrons. The van der Waals surface area contributed by atoms with Gasteiger partial charge in [0.15, 0.2) is 11.5 Å². The molecule has 0 amide bonds. The van der Waals surface area contributed by atoms with Crippen LogP contribution in [-0.4, -0.2) is 27.9 Å². The quantitative estimate of drug-likeness (QED) is 0.867. The standard InChI is InChI=1S/C18H20O4/c1-19-14-6-4-5-13(9-14)18-15-11-17(21-3)16(20-2)10-12(15)7-8-22-18/h4-6,9-11,18H,7-8H2,1-3H3. The fraction of sp³-hybridized carbons (Fsp3) is 0.333. The summed E-state index contributed by atoms with van der Waals surface area (Å²) in [7, 11) is 4.97. The van der Waals surface area contributed by atoms with Gasteiger partial charge in [0.1, 0.15) is 11.9 Å². The van der Waals surface area contributed by atoms with Crippen LogP contribution in [0.3, 0.4) is 0 Å². The molecule has 0 spiro atoms. The molecule has 22 heavy (non-hydrogen) atoms. The highest BCUT2D eigenvalue weighted by atomic mass is 16.5. The molecule has 0 N–H and O–H groups in total. The molecule has 0 radical (unpaired) electrons. The van der Waals surface area contributed by atoms with Gasteiger partial charge in [0.05, 0.1) is 27.9 Å². The normalized spacial score (nSPS) is 16.8. The van der Waals surface area contributed by atoms with Crippen molar-refractivity contribution in [2.75, 3.05) is 27.9 Å². The van der Waals surface area contributed by atoms with E-state index in [0.29, 0.717) is 6.61 Å². The molecular formula is C18H20O4. The number of hydrogen-bond acceptors (Lipinski definition) is 4. The van der Waals surface area contributed by atoms with Gasteiger partial charge in [0.2, 0.25) is 0 Å². The second kappa shape index (κ2) is 6.28. The van der Waals surface area contributed by atoms with Crippen LogP contribution >= 0.6 is 0 Å². The molecule has 1 aliphatic rings. The molecule has 0 bridgehead atoms. The van der Waals surface area contributed by atoms with Gasteiger partial charge >= 0.3 is 0 Å². The van der Waals surface area contributed by atoms with Crippen molar-refractivity contribution in [2.24, 2.45) is 0 Å². The summed E-state index contributed by atoms with van der Waals surface area (Å²) < 4.78 is 22.1. The molecule has 1 unspecified atom stereocenters. The van der Waals surface area contributed by atoms with E-state index < -0.39 is 0 Å². The molecule has 4 heteroatoms. The fourth-order valence-corrected chi connectivity index (χ4v) is 2.85. The van der Waals surface area contributed by atoms with Crippen molar-refractivity contribution in [3.05, 3.63) is 53.1 Å². The van der Waals surface area contributed by atoms with E-state index in [4.69, 9.17) is 18.9 Å². The number of benzene rings is 2. The Morgan fingerprint density at radius 1 is 0.955 bits per heavy atom. The number of ether oxygens (including phenoxy) is 4. The summed E-state index contributed by atoms with van der Waals surface area (Å²) >= 11 is 0. The summed E-state index contributed by atoms with van der Waals surface area (Å²) in [6, 6.07) is 12.0. The third-order valence-corrected chi connectivity index (χ3v) is 3.98. The average molecular weight is 300 g/mol. The maximum absolute atomic E-state index is 6.01. The predicted molar refractivity (Wildman–Crippen MR) is 84.0 cm³/mol. The molecule has 1 atom stereocenters. The highest BCUT2D eigenvalue weighted by Crippen LogP contribution is 2.40. The molecule has 1 aliphatic heterocycles. The van der Waals surface area contributed by atoms with Gasteiger partial charge in [-0.15, -0.1) is 0 Å². The first-order chi connectivity index (χ1) is 10.8. The van der Waals surface area contributed by atoms with E-state index >= 15 is 0 Å². The van der Waals surface area contributed by atoms with Crippen LogP contribution in [-0.2, 0) is 11.2 Å². The van der Waals surface area contributed by atoms with Crippen LogP contribution in [0.4, 0.5) is 0 Å². The van der Waals surface area contributed by atoms with Gasteiger partial charge in [-0.05, 0) is 47.4 Å². The smallest absolute Gasteiger partial charge is 0.161 e. The lowest BCUT2D eigenvalue weighted by Crippen LogP contribution is -2.17. The second-order valence-corrected chi connectivity index (χ2v) is 5.18. The SMILES string of the molecule is COc1cccc(C2OCCc3cc(OC)c(OC)cc32)c1. The summed E-state index contributed by atoms with van der Waals surface area (Å²) in [6.07, 6.45) is 0.759. The van der Waals surface area contributed by atoms with Gasteiger partial charge in [0, 0.05) is 0 Å². The Bertz CT molecular complexity index is 666. The molecule has 0 saturated carbocycles. The van der Waals surface area contributed by atoms with Crippen LogP contribution in [0.25, 0.3) is 0 Å². The third kappa shape index (κ3) is 2.62. The van der Waals surface area contributed by atoms with E-state index in [0.717, 1.165) is 34.8 Å². The van der Waals surface area contributed by atoms with E-state index in [-0.39, 0.29) is 6.10 Å². The number of fused-ring (bicyclic) bond motifs is 1. The molecule has 0 aliphatic carbocycles. The van der Waals surface area contributed by atoms with Crippen molar-refractivity contribution in [3.63, 3.8) is 0 Å². The van der Waals surface area contributed by atoms with Crippen molar-refractivity contribution >= 4 is 0 Å². The van der Waals surface area contributed by atoms with Crippen LogP contribution < -0.4 is 14.2 Å². The fourth-order valence-electron chi connectivity index (χ4n) is 2.85. The van der Waals surface area contributed by atoms with Crippen LogP contribution in [0.1, 0.15) is 22.8 Å². The first-order valence-electron chi connectivity index (χ1n) is 7.27. The molecule has 0 fully saturated rings. The second-order valence-electron chi connectivity index (χ2n) is 5.18. The molecule has 0 aromatic heterocycles. The van der Waals surface area contributed by atoms with Crippen molar-refractivity contribution in [1.29, 1.82) is 0 Å². The van der Waals surface area contributed by atoms with E-state index in [1.54, 1.807) is 21.3 Å². The molecule has 4 nitrogen and oxygen atoms in total. The van der Waals surface area contributed by atoms with E-state index in [1.165, 1.54) is 5.56 Å². The Hall–Kier alpha value is -2.20. The monoisotopic (exact) mass is 300 g/mol. The number of hydrogen-bond donors (Lipinski definition) is 0. The van der Waals surface area contributed by atoms with Gasteiger partial charge in [-0.1, -0.05) is 12.1 Å². The van der Waals surface area contributed by atoms with Crippen molar-refractivity contribution in [2.45, 2.75) is 12.5 Å². The Kier molecular flexibility index (Phi) is 4.20. The summed E-state index contributed by atoms with van der Waals surface area (Å²) in [6.45, 7) is 0.685. The summed E-state index contributed by atoms with van der Waals surface area (Å²) in [5.74, 6) is 2.31. The molecular weight excluding hydrogens is 280 g/mol. The largest absolute Gasteiger partial charge is 0.497 e. The minimum Gasteiger partial charge on any atom is -0.497 e. The van der Waals surface area contributed by atoms with Crippen LogP contribution in [0, 0.1) is 0 Å². The lowest BCUT2D eigenvalue weighted by atomic mass is 9.92. The lowest BCUT2D eigenvalue weighted by molar-refractivity contribution is 0.0693.